The van der Waals surface area contributed by atoms with Crippen LogP contribution in [0.4, 0.5) is 0 Å². The highest BCUT2D eigenvalue weighted by Crippen LogP contribution is 2.41. The number of piperidine rings is 1. The molecule has 1 saturated carbocycles. The summed E-state index contributed by atoms with van der Waals surface area (Å²) < 4.78 is 0. The fourth-order valence-electron chi connectivity index (χ4n) is 4.25. The molecule has 1 aromatic heterocycles. The topological polar surface area (TPSA) is 106 Å². The molecule has 0 unspecified atom stereocenters. The SMILES string of the molecule is O=C(Cc1c[nH]c(=O)[nH]c1=O)N1CC[C@]2(CCCN(CC3CC3)C2=O)C1. The summed E-state index contributed by atoms with van der Waals surface area (Å²) in [5, 5.41) is 0. The Morgan fingerprint density at radius 3 is 2.73 bits per heavy atom. The largest absolute Gasteiger partial charge is 0.342 e. The Bertz CT molecular complexity index is 840. The van der Waals surface area contributed by atoms with Gasteiger partial charge in [-0.15, -0.1) is 0 Å². The molecule has 1 spiro atoms. The molecule has 2 N–H and O–H groups in total. The Hall–Kier alpha value is -2.38. The van der Waals surface area contributed by atoms with Gasteiger partial charge in [0.15, 0.2) is 0 Å². The molecule has 140 valence electrons. The second-order valence-corrected chi connectivity index (χ2v) is 7.92. The number of hydrogen-bond donors (Lipinski definition) is 2. The van der Waals surface area contributed by atoms with Gasteiger partial charge < -0.3 is 14.8 Å². The molecule has 8 heteroatoms. The Balaban J connectivity index is 1.43. The Morgan fingerprint density at radius 1 is 1.19 bits per heavy atom. The fourth-order valence-corrected chi connectivity index (χ4v) is 4.25. The molecule has 1 aliphatic carbocycles. The maximum absolute atomic E-state index is 13.0. The van der Waals surface area contributed by atoms with Gasteiger partial charge in [-0.25, -0.2) is 4.79 Å². The Morgan fingerprint density at radius 2 is 2.00 bits per heavy atom. The maximum Gasteiger partial charge on any atom is 0.325 e. The number of H-pyrrole nitrogens is 2. The van der Waals surface area contributed by atoms with E-state index in [-0.39, 0.29) is 23.8 Å². The van der Waals surface area contributed by atoms with E-state index in [1.54, 1.807) is 4.90 Å². The number of amides is 2. The van der Waals surface area contributed by atoms with Crippen LogP contribution in [0.1, 0.15) is 37.7 Å². The molecule has 0 radical (unpaired) electrons. The highest BCUT2D eigenvalue weighted by Gasteiger charge is 2.49. The third-order valence-corrected chi connectivity index (χ3v) is 5.94. The number of carbonyl (C=O) groups is 2. The summed E-state index contributed by atoms with van der Waals surface area (Å²) in [6.07, 6.45) is 6.16. The lowest BCUT2D eigenvalue weighted by molar-refractivity contribution is -0.146. The van der Waals surface area contributed by atoms with E-state index in [2.05, 4.69) is 9.97 Å². The maximum atomic E-state index is 13.0. The lowest BCUT2D eigenvalue weighted by Crippen LogP contribution is -2.51. The molecule has 8 nitrogen and oxygen atoms in total. The van der Waals surface area contributed by atoms with Crippen molar-refractivity contribution in [3.05, 3.63) is 32.6 Å². The van der Waals surface area contributed by atoms with Gasteiger partial charge in [0.1, 0.15) is 0 Å². The van der Waals surface area contributed by atoms with Crippen LogP contribution in [0.15, 0.2) is 15.8 Å². The molecule has 1 aromatic rings. The molecule has 3 heterocycles. The van der Waals surface area contributed by atoms with Crippen molar-refractivity contribution in [1.82, 2.24) is 19.8 Å². The third-order valence-electron chi connectivity index (χ3n) is 5.94. The lowest BCUT2D eigenvalue weighted by atomic mass is 9.78. The van der Waals surface area contributed by atoms with E-state index < -0.39 is 16.7 Å². The number of nitrogens with zero attached hydrogens (tertiary/aromatic N) is 2. The van der Waals surface area contributed by atoms with Crippen molar-refractivity contribution in [2.45, 2.75) is 38.5 Å². The molecule has 0 bridgehead atoms. The summed E-state index contributed by atoms with van der Waals surface area (Å²) in [7, 11) is 0. The minimum Gasteiger partial charge on any atom is -0.342 e. The molecule has 4 rings (SSSR count). The van der Waals surface area contributed by atoms with Crippen molar-refractivity contribution in [3.63, 3.8) is 0 Å². The van der Waals surface area contributed by atoms with E-state index in [9.17, 15) is 19.2 Å². The number of likely N-dealkylation sites (tertiary alicyclic amines) is 2. The van der Waals surface area contributed by atoms with Crippen LogP contribution in [0.2, 0.25) is 0 Å². The highest BCUT2D eigenvalue weighted by molar-refractivity contribution is 5.86. The van der Waals surface area contributed by atoms with Crippen LogP contribution >= 0.6 is 0 Å². The normalized spacial score (nSPS) is 25.9. The molecule has 2 saturated heterocycles. The van der Waals surface area contributed by atoms with Crippen molar-refractivity contribution in [1.29, 1.82) is 0 Å². The van der Waals surface area contributed by atoms with E-state index >= 15 is 0 Å². The van der Waals surface area contributed by atoms with Crippen molar-refractivity contribution < 1.29 is 9.59 Å². The van der Waals surface area contributed by atoms with Crippen LogP contribution in [0.3, 0.4) is 0 Å². The van der Waals surface area contributed by atoms with Gasteiger partial charge in [0.2, 0.25) is 11.8 Å². The standard InChI is InChI=1S/C18H24N4O4/c23-14(8-13-9-19-17(26)20-15(13)24)22-7-5-18(11-22)4-1-6-21(16(18)25)10-12-2-3-12/h9,12H,1-8,10-11H2,(H2,19,20,24,26)/t18-/m1/s1. The fraction of sp³-hybridized carbons (Fsp3) is 0.667. The predicted molar refractivity (Wildman–Crippen MR) is 93.6 cm³/mol. The number of aromatic amines is 2. The first-order valence-corrected chi connectivity index (χ1v) is 9.35. The van der Waals surface area contributed by atoms with Crippen LogP contribution in [0.5, 0.6) is 0 Å². The Kier molecular flexibility index (Phi) is 4.20. The summed E-state index contributed by atoms with van der Waals surface area (Å²) in [6, 6.07) is 0. The molecule has 0 aromatic carbocycles. The van der Waals surface area contributed by atoms with Crippen LogP contribution < -0.4 is 11.2 Å². The third kappa shape index (κ3) is 3.20. The van der Waals surface area contributed by atoms with Gasteiger partial charge in [0.05, 0.1) is 11.8 Å². The van der Waals surface area contributed by atoms with E-state index in [1.165, 1.54) is 19.0 Å². The lowest BCUT2D eigenvalue weighted by Gasteiger charge is -2.39. The van der Waals surface area contributed by atoms with E-state index in [0.717, 1.165) is 25.9 Å². The predicted octanol–water partition coefficient (Wildman–Crippen LogP) is -0.143. The monoisotopic (exact) mass is 360 g/mol. The molecular formula is C18H24N4O4. The summed E-state index contributed by atoms with van der Waals surface area (Å²) in [5.41, 5.74) is -1.34. The number of aromatic nitrogens is 2. The Labute approximate surface area is 150 Å². The van der Waals surface area contributed by atoms with Gasteiger partial charge in [-0.2, -0.15) is 0 Å². The average molecular weight is 360 g/mol. The first-order valence-electron chi connectivity index (χ1n) is 9.35. The van der Waals surface area contributed by atoms with Gasteiger partial charge in [0.25, 0.3) is 5.56 Å². The molecule has 3 aliphatic rings. The molecule has 2 aliphatic heterocycles. The molecule has 2 amide bonds. The summed E-state index contributed by atoms with van der Waals surface area (Å²) in [5.74, 6) is 0.694. The van der Waals surface area contributed by atoms with E-state index in [4.69, 9.17) is 0 Å². The van der Waals surface area contributed by atoms with Crippen molar-refractivity contribution in [2.75, 3.05) is 26.2 Å². The second-order valence-electron chi connectivity index (χ2n) is 7.92. The zero-order chi connectivity index (χ0) is 18.3. The summed E-state index contributed by atoms with van der Waals surface area (Å²) in [6.45, 7) is 2.68. The second kappa shape index (κ2) is 6.41. The summed E-state index contributed by atoms with van der Waals surface area (Å²) >= 11 is 0. The number of rotatable bonds is 4. The molecular weight excluding hydrogens is 336 g/mol. The number of nitrogens with one attached hydrogen (secondary N) is 2. The van der Waals surface area contributed by atoms with Gasteiger partial charge in [-0.3, -0.25) is 19.4 Å². The van der Waals surface area contributed by atoms with Gasteiger partial charge in [-0.05, 0) is 38.0 Å². The molecule has 3 fully saturated rings. The first-order chi connectivity index (χ1) is 12.5. The molecule has 1 atom stereocenters. The van der Waals surface area contributed by atoms with Crippen molar-refractivity contribution >= 4 is 11.8 Å². The van der Waals surface area contributed by atoms with Gasteiger partial charge >= 0.3 is 5.69 Å². The zero-order valence-electron chi connectivity index (χ0n) is 14.8. The zero-order valence-corrected chi connectivity index (χ0v) is 14.8. The minimum atomic E-state index is -0.588. The average Bonchev–Trinajstić information content (AvgIpc) is 3.32. The van der Waals surface area contributed by atoms with E-state index in [1.807, 2.05) is 4.90 Å². The van der Waals surface area contributed by atoms with Crippen molar-refractivity contribution in [3.8, 4) is 0 Å². The highest BCUT2D eigenvalue weighted by atomic mass is 16.2. The first kappa shape index (κ1) is 17.1. The van der Waals surface area contributed by atoms with Gasteiger partial charge in [-0.1, -0.05) is 0 Å². The van der Waals surface area contributed by atoms with Crippen LogP contribution in [0, 0.1) is 11.3 Å². The smallest absolute Gasteiger partial charge is 0.325 e. The quantitative estimate of drug-likeness (QED) is 0.779. The minimum absolute atomic E-state index is 0.0673. The summed E-state index contributed by atoms with van der Waals surface area (Å²) in [4.78, 5) is 56.7. The number of carbonyl (C=O) groups excluding carboxylic acids is 2. The van der Waals surface area contributed by atoms with Crippen LogP contribution in [-0.4, -0.2) is 57.8 Å². The van der Waals surface area contributed by atoms with Crippen LogP contribution in [-0.2, 0) is 16.0 Å². The van der Waals surface area contributed by atoms with E-state index in [0.29, 0.717) is 25.4 Å². The van der Waals surface area contributed by atoms with Crippen molar-refractivity contribution in [2.24, 2.45) is 11.3 Å². The van der Waals surface area contributed by atoms with Gasteiger partial charge in [0, 0.05) is 37.9 Å². The number of hydrogen-bond acceptors (Lipinski definition) is 4. The molecule has 26 heavy (non-hydrogen) atoms. The van der Waals surface area contributed by atoms with Crippen LogP contribution in [0.25, 0.3) is 0 Å².